The topological polar surface area (TPSA) is 51.1 Å². The van der Waals surface area contributed by atoms with Crippen molar-refractivity contribution >= 4 is 33.4 Å². The van der Waals surface area contributed by atoms with Crippen LogP contribution in [0, 0.1) is 12.3 Å². The number of carbonyl (C=O) groups excluding carboxylic acids is 1. The van der Waals surface area contributed by atoms with E-state index in [1.807, 2.05) is 49.4 Å². The molecule has 0 bridgehead atoms. The second kappa shape index (κ2) is 9.64. The van der Waals surface area contributed by atoms with Gasteiger partial charge in [0.25, 0.3) is 0 Å². The van der Waals surface area contributed by atoms with E-state index in [1.54, 1.807) is 6.07 Å². The van der Waals surface area contributed by atoms with E-state index in [0.29, 0.717) is 5.69 Å². The molecule has 2 aromatic rings. The van der Waals surface area contributed by atoms with Gasteiger partial charge in [-0.2, -0.15) is 0 Å². The Balaban J connectivity index is 2.15. The number of ether oxygens (including phenoxy) is 1. The van der Waals surface area contributed by atoms with E-state index in [2.05, 4.69) is 27.0 Å². The van der Waals surface area contributed by atoms with E-state index in [-0.39, 0.29) is 13.2 Å². The van der Waals surface area contributed by atoms with Crippen LogP contribution < -0.4 is 4.90 Å². The molecule has 0 unspecified atom stereocenters. The third-order valence-electron chi connectivity index (χ3n) is 3.61. The molecular formula is C20H19BrN2O3. The summed E-state index contributed by atoms with van der Waals surface area (Å²) >= 11 is 3.40. The zero-order chi connectivity index (χ0) is 18.9. The predicted molar refractivity (Wildman–Crippen MR) is 106 cm³/mol. The van der Waals surface area contributed by atoms with Gasteiger partial charge < -0.3 is 9.57 Å². The van der Waals surface area contributed by atoms with Gasteiger partial charge in [-0.1, -0.05) is 57.3 Å². The minimum absolute atomic E-state index is 0.102. The van der Waals surface area contributed by atoms with Gasteiger partial charge in [-0.15, -0.1) is 6.42 Å². The number of hydrogen-bond acceptors (Lipinski definition) is 4. The van der Waals surface area contributed by atoms with E-state index >= 15 is 0 Å². The zero-order valence-corrected chi connectivity index (χ0v) is 16.2. The van der Waals surface area contributed by atoms with Gasteiger partial charge in [0, 0.05) is 10.0 Å². The highest BCUT2D eigenvalue weighted by Gasteiger charge is 2.18. The van der Waals surface area contributed by atoms with Gasteiger partial charge in [0.2, 0.25) is 0 Å². The lowest BCUT2D eigenvalue weighted by Crippen LogP contribution is -2.31. The van der Waals surface area contributed by atoms with E-state index in [0.717, 1.165) is 21.3 Å². The Hall–Kier alpha value is -2.78. The monoisotopic (exact) mass is 414 g/mol. The third-order valence-corrected chi connectivity index (χ3v) is 4.14. The van der Waals surface area contributed by atoms with E-state index in [4.69, 9.17) is 16.0 Å². The summed E-state index contributed by atoms with van der Waals surface area (Å²) in [6, 6.07) is 15.1. The highest BCUT2D eigenvalue weighted by atomic mass is 79.9. The Morgan fingerprint density at radius 3 is 2.58 bits per heavy atom. The fourth-order valence-electron chi connectivity index (χ4n) is 2.29. The summed E-state index contributed by atoms with van der Waals surface area (Å²) in [5.74, 6) is 2.46. The molecule has 0 spiro atoms. The lowest BCUT2D eigenvalue weighted by atomic mass is 10.1. The molecule has 6 heteroatoms. The first kappa shape index (κ1) is 19.5. The van der Waals surface area contributed by atoms with Crippen molar-refractivity contribution in [3.63, 3.8) is 0 Å². The standard InChI is InChI=1S/C20H19BrN2O3/c1-4-13-23(20(24)25-3)19-8-6-5-7-17(19)14-26-22-15(2)16-9-11-18(21)12-10-16/h1,5-12H,13-14H2,2-3H3/b22-15+. The van der Waals surface area contributed by atoms with Crippen molar-refractivity contribution in [3.05, 3.63) is 64.1 Å². The maximum atomic E-state index is 12.0. The Morgan fingerprint density at radius 1 is 1.23 bits per heavy atom. The molecule has 0 fully saturated rings. The van der Waals surface area contributed by atoms with E-state index < -0.39 is 6.09 Å². The molecule has 0 heterocycles. The number of anilines is 1. The fraction of sp³-hybridized carbons (Fsp3) is 0.200. The Kier molecular flexibility index (Phi) is 7.24. The van der Waals surface area contributed by atoms with Crippen molar-refractivity contribution in [3.8, 4) is 12.3 Å². The first-order chi connectivity index (χ1) is 12.6. The highest BCUT2D eigenvalue weighted by molar-refractivity contribution is 9.10. The second-order valence-corrected chi connectivity index (χ2v) is 6.26. The third kappa shape index (κ3) is 5.11. The summed E-state index contributed by atoms with van der Waals surface area (Å²) in [5.41, 5.74) is 3.13. The zero-order valence-electron chi connectivity index (χ0n) is 14.6. The number of halogens is 1. The molecule has 2 rings (SSSR count). The van der Waals surface area contributed by atoms with Gasteiger partial charge in [-0.05, 0) is 30.7 Å². The number of rotatable bonds is 6. The van der Waals surface area contributed by atoms with Crippen LogP contribution in [0.25, 0.3) is 0 Å². The molecule has 0 aliphatic rings. The molecule has 0 aliphatic carbocycles. The molecule has 0 saturated heterocycles. The van der Waals surface area contributed by atoms with Crippen molar-refractivity contribution < 1.29 is 14.4 Å². The maximum Gasteiger partial charge on any atom is 0.414 e. The van der Waals surface area contributed by atoms with Crippen LogP contribution in [0.5, 0.6) is 0 Å². The average Bonchev–Trinajstić information content (AvgIpc) is 2.66. The van der Waals surface area contributed by atoms with Crippen molar-refractivity contribution in [1.29, 1.82) is 0 Å². The van der Waals surface area contributed by atoms with Crippen LogP contribution in [-0.2, 0) is 16.2 Å². The van der Waals surface area contributed by atoms with Crippen LogP contribution in [-0.4, -0.2) is 25.5 Å². The Morgan fingerprint density at radius 2 is 1.92 bits per heavy atom. The van der Waals surface area contributed by atoms with Crippen molar-refractivity contribution in [2.75, 3.05) is 18.6 Å². The lowest BCUT2D eigenvalue weighted by Gasteiger charge is -2.21. The summed E-state index contributed by atoms with van der Waals surface area (Å²) in [7, 11) is 1.32. The van der Waals surface area contributed by atoms with Crippen LogP contribution in [0.1, 0.15) is 18.1 Å². The molecule has 0 aromatic heterocycles. The summed E-state index contributed by atoms with van der Waals surface area (Å²) in [6.07, 6.45) is 4.85. The van der Waals surface area contributed by atoms with Gasteiger partial charge in [0.05, 0.1) is 25.1 Å². The van der Waals surface area contributed by atoms with E-state index in [9.17, 15) is 4.79 Å². The number of amides is 1. The quantitative estimate of drug-likeness (QED) is 0.394. The van der Waals surface area contributed by atoms with Crippen molar-refractivity contribution in [2.24, 2.45) is 5.16 Å². The van der Waals surface area contributed by atoms with Crippen molar-refractivity contribution in [2.45, 2.75) is 13.5 Å². The maximum absolute atomic E-state index is 12.0. The minimum Gasteiger partial charge on any atom is -0.452 e. The molecule has 0 aliphatic heterocycles. The van der Waals surface area contributed by atoms with Gasteiger partial charge in [-0.3, -0.25) is 4.90 Å². The van der Waals surface area contributed by atoms with Crippen LogP contribution in [0.3, 0.4) is 0 Å². The van der Waals surface area contributed by atoms with Gasteiger partial charge >= 0.3 is 6.09 Å². The van der Waals surface area contributed by atoms with Crippen LogP contribution >= 0.6 is 15.9 Å². The summed E-state index contributed by atoms with van der Waals surface area (Å²) < 4.78 is 5.80. The molecule has 0 atom stereocenters. The first-order valence-corrected chi connectivity index (χ1v) is 8.65. The number of nitrogens with zero attached hydrogens (tertiary/aromatic N) is 2. The summed E-state index contributed by atoms with van der Waals surface area (Å²) in [4.78, 5) is 18.9. The average molecular weight is 415 g/mol. The molecule has 26 heavy (non-hydrogen) atoms. The molecule has 0 N–H and O–H groups in total. The molecule has 0 radical (unpaired) electrons. The van der Waals surface area contributed by atoms with Gasteiger partial charge in [0.1, 0.15) is 6.61 Å². The number of carbonyl (C=O) groups is 1. The Bertz CT molecular complexity index is 826. The van der Waals surface area contributed by atoms with Gasteiger partial charge in [-0.25, -0.2) is 4.79 Å². The Labute approximate surface area is 161 Å². The lowest BCUT2D eigenvalue weighted by molar-refractivity contribution is 0.130. The molecule has 5 nitrogen and oxygen atoms in total. The fourth-order valence-corrected chi connectivity index (χ4v) is 2.55. The van der Waals surface area contributed by atoms with Crippen LogP contribution in [0.2, 0.25) is 0 Å². The number of hydrogen-bond donors (Lipinski definition) is 0. The van der Waals surface area contributed by atoms with Gasteiger partial charge in [0.15, 0.2) is 0 Å². The summed E-state index contributed by atoms with van der Waals surface area (Å²) in [6.45, 7) is 2.17. The van der Waals surface area contributed by atoms with Crippen LogP contribution in [0.4, 0.5) is 10.5 Å². The molecule has 2 aromatic carbocycles. The number of terminal acetylenes is 1. The van der Waals surface area contributed by atoms with Crippen molar-refractivity contribution in [1.82, 2.24) is 0 Å². The summed E-state index contributed by atoms with van der Waals surface area (Å²) in [5, 5.41) is 4.16. The molecule has 1 amide bonds. The number of oxime groups is 1. The minimum atomic E-state index is -0.523. The molecule has 0 saturated carbocycles. The number of methoxy groups -OCH3 is 1. The largest absolute Gasteiger partial charge is 0.452 e. The first-order valence-electron chi connectivity index (χ1n) is 7.86. The molecule has 134 valence electrons. The second-order valence-electron chi connectivity index (χ2n) is 5.35. The highest BCUT2D eigenvalue weighted by Crippen LogP contribution is 2.22. The number of para-hydroxylation sites is 1. The predicted octanol–water partition coefficient (Wildman–Crippen LogP) is 4.60. The van der Waals surface area contributed by atoms with Crippen LogP contribution in [0.15, 0.2) is 58.2 Å². The number of benzene rings is 2. The normalized spacial score (nSPS) is 10.8. The van der Waals surface area contributed by atoms with E-state index in [1.165, 1.54) is 12.0 Å². The SMILES string of the molecule is C#CCN(C(=O)OC)c1ccccc1CO/N=C(\C)c1ccc(Br)cc1. The smallest absolute Gasteiger partial charge is 0.414 e. The molecular weight excluding hydrogens is 396 g/mol.